The van der Waals surface area contributed by atoms with Crippen LogP contribution in [0.15, 0.2) is 0 Å². The van der Waals surface area contributed by atoms with Gasteiger partial charge in [0.15, 0.2) is 0 Å². The summed E-state index contributed by atoms with van der Waals surface area (Å²) >= 11 is 0. The van der Waals surface area contributed by atoms with Gasteiger partial charge >= 0.3 is 0 Å². The van der Waals surface area contributed by atoms with Gasteiger partial charge in [-0.05, 0) is 45.7 Å². The smallest absolute Gasteiger partial charge is 0.0151 e. The van der Waals surface area contributed by atoms with Crippen molar-refractivity contribution in [2.45, 2.75) is 64.8 Å². The van der Waals surface area contributed by atoms with E-state index < -0.39 is 0 Å². The molecule has 96 valence electrons. The van der Waals surface area contributed by atoms with Gasteiger partial charge in [0.25, 0.3) is 0 Å². The van der Waals surface area contributed by atoms with E-state index in [0.717, 1.165) is 6.54 Å². The van der Waals surface area contributed by atoms with Crippen LogP contribution in [0.3, 0.4) is 0 Å². The van der Waals surface area contributed by atoms with Gasteiger partial charge in [-0.25, -0.2) is 0 Å². The van der Waals surface area contributed by atoms with Crippen molar-refractivity contribution >= 4 is 0 Å². The van der Waals surface area contributed by atoms with Crippen molar-refractivity contribution in [2.75, 3.05) is 26.2 Å². The van der Waals surface area contributed by atoms with E-state index in [4.69, 9.17) is 0 Å². The molecule has 2 nitrogen and oxygen atoms in total. The molecule has 1 aliphatic rings. The molecule has 1 fully saturated rings. The Hall–Kier alpha value is -0.0800. The standard InChI is InChI=1S/C14H30N2/c1-4-9-14(3,5-2)15-10-13-16-11-7-6-8-12-16/h15H,4-13H2,1-3H3. The zero-order valence-corrected chi connectivity index (χ0v) is 11.5. The molecule has 0 aliphatic carbocycles. The van der Waals surface area contributed by atoms with Crippen molar-refractivity contribution in [2.24, 2.45) is 0 Å². The molecule has 0 aromatic heterocycles. The molecule has 1 saturated heterocycles. The molecular weight excluding hydrogens is 196 g/mol. The zero-order chi connectivity index (χ0) is 11.9. The van der Waals surface area contributed by atoms with Crippen LogP contribution in [0.4, 0.5) is 0 Å². The number of hydrogen-bond donors (Lipinski definition) is 1. The first-order valence-corrected chi connectivity index (χ1v) is 7.17. The molecular formula is C14H30N2. The molecule has 0 spiro atoms. The maximum Gasteiger partial charge on any atom is 0.0151 e. The largest absolute Gasteiger partial charge is 0.310 e. The van der Waals surface area contributed by atoms with Gasteiger partial charge in [-0.2, -0.15) is 0 Å². The Balaban J connectivity index is 2.16. The third-order valence-electron chi connectivity index (χ3n) is 4.01. The maximum atomic E-state index is 3.75. The van der Waals surface area contributed by atoms with Crippen molar-refractivity contribution in [3.05, 3.63) is 0 Å². The van der Waals surface area contributed by atoms with E-state index in [0.29, 0.717) is 5.54 Å². The van der Waals surface area contributed by atoms with E-state index in [9.17, 15) is 0 Å². The topological polar surface area (TPSA) is 15.3 Å². The van der Waals surface area contributed by atoms with E-state index in [2.05, 4.69) is 31.0 Å². The highest BCUT2D eigenvalue weighted by Gasteiger charge is 2.20. The summed E-state index contributed by atoms with van der Waals surface area (Å²) in [4.78, 5) is 2.61. The highest BCUT2D eigenvalue weighted by molar-refractivity contribution is 4.81. The van der Waals surface area contributed by atoms with Gasteiger partial charge in [-0.15, -0.1) is 0 Å². The Bertz CT molecular complexity index is 176. The van der Waals surface area contributed by atoms with Gasteiger partial charge in [0.1, 0.15) is 0 Å². The van der Waals surface area contributed by atoms with Crippen molar-refractivity contribution < 1.29 is 0 Å². The van der Waals surface area contributed by atoms with Crippen LogP contribution in [-0.4, -0.2) is 36.6 Å². The minimum Gasteiger partial charge on any atom is -0.310 e. The molecule has 0 bridgehead atoms. The van der Waals surface area contributed by atoms with Crippen molar-refractivity contribution in [1.82, 2.24) is 10.2 Å². The van der Waals surface area contributed by atoms with E-state index in [1.54, 1.807) is 0 Å². The summed E-state index contributed by atoms with van der Waals surface area (Å²) in [5, 5.41) is 3.75. The highest BCUT2D eigenvalue weighted by Crippen LogP contribution is 2.16. The van der Waals surface area contributed by atoms with Crippen LogP contribution in [0.25, 0.3) is 0 Å². The maximum absolute atomic E-state index is 3.75. The quantitative estimate of drug-likeness (QED) is 0.718. The SMILES string of the molecule is CCCC(C)(CC)NCCN1CCCCC1. The summed E-state index contributed by atoms with van der Waals surface area (Å²) in [7, 11) is 0. The van der Waals surface area contributed by atoms with Crippen LogP contribution in [-0.2, 0) is 0 Å². The lowest BCUT2D eigenvalue weighted by Gasteiger charge is -2.32. The summed E-state index contributed by atoms with van der Waals surface area (Å²) in [5.41, 5.74) is 0.366. The summed E-state index contributed by atoms with van der Waals surface area (Å²) in [6.45, 7) is 12.0. The number of rotatable bonds is 7. The lowest BCUT2D eigenvalue weighted by atomic mass is 9.93. The summed E-state index contributed by atoms with van der Waals surface area (Å²) < 4.78 is 0. The van der Waals surface area contributed by atoms with Crippen LogP contribution in [0.2, 0.25) is 0 Å². The monoisotopic (exact) mass is 226 g/mol. The Morgan fingerprint density at radius 3 is 2.38 bits per heavy atom. The van der Waals surface area contributed by atoms with Gasteiger partial charge < -0.3 is 10.2 Å². The molecule has 2 heteroatoms. The molecule has 1 rings (SSSR count). The second kappa shape index (κ2) is 7.29. The first-order chi connectivity index (χ1) is 7.70. The molecule has 1 atom stereocenters. The predicted octanol–water partition coefficient (Wildman–Crippen LogP) is 3.03. The number of likely N-dealkylation sites (tertiary alicyclic amines) is 1. The fraction of sp³-hybridized carbons (Fsp3) is 1.00. The molecule has 0 amide bonds. The predicted molar refractivity (Wildman–Crippen MR) is 71.9 cm³/mol. The third-order valence-corrected chi connectivity index (χ3v) is 4.01. The normalized spacial score (nSPS) is 21.9. The molecule has 1 aliphatic heterocycles. The fourth-order valence-electron chi connectivity index (χ4n) is 2.64. The molecule has 0 aromatic rings. The Morgan fingerprint density at radius 2 is 1.81 bits per heavy atom. The first kappa shape index (κ1) is 14.0. The van der Waals surface area contributed by atoms with Crippen LogP contribution in [0.1, 0.15) is 59.3 Å². The molecule has 1 N–H and O–H groups in total. The zero-order valence-electron chi connectivity index (χ0n) is 11.5. The fourth-order valence-corrected chi connectivity index (χ4v) is 2.64. The summed E-state index contributed by atoms with van der Waals surface area (Å²) in [5.74, 6) is 0. The lowest BCUT2D eigenvalue weighted by molar-refractivity contribution is 0.213. The molecule has 0 saturated carbocycles. The van der Waals surface area contributed by atoms with Gasteiger partial charge in [0.05, 0.1) is 0 Å². The minimum absolute atomic E-state index is 0.366. The van der Waals surface area contributed by atoms with Crippen LogP contribution < -0.4 is 5.32 Å². The van der Waals surface area contributed by atoms with Crippen molar-refractivity contribution in [3.8, 4) is 0 Å². The minimum atomic E-state index is 0.366. The Labute approximate surface area is 102 Å². The molecule has 0 aromatic carbocycles. The Morgan fingerprint density at radius 1 is 1.12 bits per heavy atom. The molecule has 0 radical (unpaired) electrons. The lowest BCUT2D eigenvalue weighted by Crippen LogP contribution is -2.46. The second-order valence-corrected chi connectivity index (χ2v) is 5.49. The summed E-state index contributed by atoms with van der Waals surface area (Å²) in [6, 6.07) is 0. The average Bonchev–Trinajstić information content (AvgIpc) is 2.31. The van der Waals surface area contributed by atoms with Gasteiger partial charge in [0.2, 0.25) is 0 Å². The first-order valence-electron chi connectivity index (χ1n) is 7.17. The van der Waals surface area contributed by atoms with Crippen LogP contribution in [0, 0.1) is 0 Å². The number of nitrogens with zero attached hydrogens (tertiary/aromatic N) is 1. The number of piperidine rings is 1. The van der Waals surface area contributed by atoms with Crippen LogP contribution >= 0.6 is 0 Å². The van der Waals surface area contributed by atoms with E-state index in [1.807, 2.05) is 0 Å². The van der Waals surface area contributed by atoms with E-state index >= 15 is 0 Å². The third kappa shape index (κ3) is 4.84. The number of hydrogen-bond acceptors (Lipinski definition) is 2. The van der Waals surface area contributed by atoms with Gasteiger partial charge in [-0.3, -0.25) is 0 Å². The molecule has 16 heavy (non-hydrogen) atoms. The van der Waals surface area contributed by atoms with Crippen LogP contribution in [0.5, 0.6) is 0 Å². The molecule has 1 heterocycles. The van der Waals surface area contributed by atoms with Crippen molar-refractivity contribution in [1.29, 1.82) is 0 Å². The van der Waals surface area contributed by atoms with Crippen molar-refractivity contribution in [3.63, 3.8) is 0 Å². The number of nitrogens with one attached hydrogen (secondary N) is 1. The Kier molecular flexibility index (Phi) is 6.37. The highest BCUT2D eigenvalue weighted by atomic mass is 15.1. The van der Waals surface area contributed by atoms with Gasteiger partial charge in [-0.1, -0.05) is 26.7 Å². The molecule has 1 unspecified atom stereocenters. The van der Waals surface area contributed by atoms with E-state index in [1.165, 1.54) is 58.2 Å². The summed E-state index contributed by atoms with van der Waals surface area (Å²) in [6.07, 6.45) is 8.05. The van der Waals surface area contributed by atoms with Gasteiger partial charge in [0, 0.05) is 18.6 Å². The van der Waals surface area contributed by atoms with E-state index in [-0.39, 0.29) is 0 Å². The second-order valence-electron chi connectivity index (χ2n) is 5.49. The average molecular weight is 226 g/mol.